The summed E-state index contributed by atoms with van der Waals surface area (Å²) in [5.41, 5.74) is 1.30. The summed E-state index contributed by atoms with van der Waals surface area (Å²) >= 11 is 0. The monoisotopic (exact) mass is 240 g/mol. The molecule has 90 valence electrons. The van der Waals surface area contributed by atoms with Crippen LogP contribution >= 0.6 is 0 Å². The van der Waals surface area contributed by atoms with Gasteiger partial charge in [0.25, 0.3) is 0 Å². The Morgan fingerprint density at radius 1 is 1.28 bits per heavy atom. The molecular weight excluding hydrogens is 228 g/mol. The molecule has 0 amide bonds. The minimum Gasteiger partial charge on any atom is -0.480 e. The molecule has 0 fully saturated rings. The average Bonchev–Trinajstić information content (AvgIpc) is 2.39. The highest BCUT2D eigenvalue weighted by Gasteiger charge is 2.12. The van der Waals surface area contributed by atoms with Crippen molar-refractivity contribution in [2.24, 2.45) is 0 Å². The number of rotatable bonds is 3. The number of carboxylic acid groups (broad SMARTS) is 1. The Morgan fingerprint density at radius 3 is 2.56 bits per heavy atom. The molecule has 18 heavy (non-hydrogen) atoms. The maximum Gasteiger partial charge on any atom is 0.325 e. The summed E-state index contributed by atoms with van der Waals surface area (Å²) < 4.78 is 0. The van der Waals surface area contributed by atoms with Crippen molar-refractivity contribution in [3.8, 4) is 6.07 Å². The number of nitrogens with one attached hydrogen (secondary N) is 1. The van der Waals surface area contributed by atoms with E-state index in [2.05, 4.69) is 11.4 Å². The molecule has 0 aliphatic carbocycles. The van der Waals surface area contributed by atoms with Crippen LogP contribution in [0.1, 0.15) is 12.5 Å². The number of carboxylic acids is 1. The fourth-order valence-electron chi connectivity index (χ4n) is 1.82. The molecule has 1 atom stereocenters. The van der Waals surface area contributed by atoms with E-state index in [-0.39, 0.29) is 0 Å². The number of anilines is 1. The molecule has 0 heterocycles. The summed E-state index contributed by atoms with van der Waals surface area (Å²) in [5, 5.41) is 22.5. The van der Waals surface area contributed by atoms with Gasteiger partial charge in [0, 0.05) is 16.5 Å². The highest BCUT2D eigenvalue weighted by Crippen LogP contribution is 2.26. The largest absolute Gasteiger partial charge is 0.480 e. The number of hydrogen-bond acceptors (Lipinski definition) is 3. The number of fused-ring (bicyclic) bond motifs is 1. The lowest BCUT2D eigenvalue weighted by Crippen LogP contribution is -2.25. The highest BCUT2D eigenvalue weighted by molar-refractivity contribution is 5.98. The summed E-state index contributed by atoms with van der Waals surface area (Å²) in [6, 6.07) is 12.3. The van der Waals surface area contributed by atoms with Gasteiger partial charge in [-0.25, -0.2) is 0 Å². The van der Waals surface area contributed by atoms with Crippen molar-refractivity contribution in [2.75, 3.05) is 5.32 Å². The maximum atomic E-state index is 10.8. The zero-order valence-corrected chi connectivity index (χ0v) is 9.84. The molecule has 0 radical (unpaired) electrons. The number of nitrogens with zero attached hydrogens (tertiary/aromatic N) is 1. The van der Waals surface area contributed by atoms with Gasteiger partial charge in [0.05, 0.1) is 11.6 Å². The molecule has 0 bridgehead atoms. The summed E-state index contributed by atoms with van der Waals surface area (Å²) in [6.45, 7) is 1.58. The van der Waals surface area contributed by atoms with Crippen LogP contribution in [0.15, 0.2) is 36.4 Å². The lowest BCUT2D eigenvalue weighted by molar-refractivity contribution is -0.137. The Balaban J connectivity index is 2.54. The summed E-state index contributed by atoms with van der Waals surface area (Å²) in [5.74, 6) is -0.913. The molecule has 0 aliphatic rings. The molecule has 2 N–H and O–H groups in total. The van der Waals surface area contributed by atoms with Gasteiger partial charge in [-0.3, -0.25) is 4.79 Å². The van der Waals surface area contributed by atoms with Gasteiger partial charge in [-0.15, -0.1) is 0 Å². The first-order chi connectivity index (χ1) is 8.63. The molecule has 0 saturated heterocycles. The first-order valence-corrected chi connectivity index (χ1v) is 5.54. The van der Waals surface area contributed by atoms with Gasteiger partial charge in [0.15, 0.2) is 0 Å². The van der Waals surface area contributed by atoms with Crippen molar-refractivity contribution in [2.45, 2.75) is 13.0 Å². The molecule has 0 spiro atoms. The fourth-order valence-corrected chi connectivity index (χ4v) is 1.82. The van der Waals surface area contributed by atoms with Crippen LogP contribution in [0.3, 0.4) is 0 Å². The van der Waals surface area contributed by atoms with Crippen LogP contribution in [0.5, 0.6) is 0 Å². The van der Waals surface area contributed by atoms with Crippen molar-refractivity contribution in [1.82, 2.24) is 0 Å². The van der Waals surface area contributed by atoms with E-state index < -0.39 is 12.0 Å². The van der Waals surface area contributed by atoms with Gasteiger partial charge >= 0.3 is 5.97 Å². The average molecular weight is 240 g/mol. The Bertz CT molecular complexity index is 644. The minimum absolute atomic E-state index is 0.583. The summed E-state index contributed by atoms with van der Waals surface area (Å²) in [4.78, 5) is 10.8. The second kappa shape index (κ2) is 4.76. The molecule has 4 nitrogen and oxygen atoms in total. The molecule has 2 rings (SSSR count). The van der Waals surface area contributed by atoms with Gasteiger partial charge in [0.2, 0.25) is 0 Å². The van der Waals surface area contributed by atoms with Crippen molar-refractivity contribution in [1.29, 1.82) is 5.26 Å². The van der Waals surface area contributed by atoms with E-state index in [1.54, 1.807) is 19.1 Å². The van der Waals surface area contributed by atoms with Crippen molar-refractivity contribution in [3.05, 3.63) is 42.0 Å². The third-order valence-corrected chi connectivity index (χ3v) is 2.79. The fraction of sp³-hybridized carbons (Fsp3) is 0.143. The lowest BCUT2D eigenvalue weighted by Gasteiger charge is -2.13. The number of carbonyl (C=O) groups is 1. The van der Waals surface area contributed by atoms with E-state index in [1.165, 1.54) is 0 Å². The molecule has 1 unspecified atom stereocenters. The Morgan fingerprint density at radius 2 is 1.94 bits per heavy atom. The topological polar surface area (TPSA) is 73.1 Å². The Hall–Kier alpha value is -2.54. The van der Waals surface area contributed by atoms with Gasteiger partial charge in [-0.05, 0) is 19.1 Å². The number of benzene rings is 2. The number of hydrogen-bond donors (Lipinski definition) is 2. The second-order valence-electron chi connectivity index (χ2n) is 4.02. The predicted molar refractivity (Wildman–Crippen MR) is 69.4 cm³/mol. The number of aliphatic carboxylic acids is 1. The quantitative estimate of drug-likeness (QED) is 0.864. The standard InChI is InChI=1S/C14H12N2O2/c1-9(14(17)18)16-13-7-6-10(8-15)11-4-2-3-5-12(11)13/h2-7,9,16H,1H3,(H,17,18). The van der Waals surface area contributed by atoms with E-state index >= 15 is 0 Å². The van der Waals surface area contributed by atoms with Crippen LogP contribution in [-0.4, -0.2) is 17.1 Å². The van der Waals surface area contributed by atoms with Gasteiger partial charge in [-0.2, -0.15) is 5.26 Å². The first kappa shape index (κ1) is 11.9. The SMILES string of the molecule is CC(Nc1ccc(C#N)c2ccccc12)C(=O)O. The van der Waals surface area contributed by atoms with Crippen LogP contribution in [0.4, 0.5) is 5.69 Å². The minimum atomic E-state index is -0.913. The Labute approximate surface area is 104 Å². The number of nitriles is 1. The van der Waals surface area contributed by atoms with E-state index in [4.69, 9.17) is 10.4 Å². The molecule has 2 aromatic carbocycles. The van der Waals surface area contributed by atoms with E-state index in [1.807, 2.05) is 24.3 Å². The van der Waals surface area contributed by atoms with E-state index in [0.29, 0.717) is 5.56 Å². The molecule has 0 aromatic heterocycles. The zero-order chi connectivity index (χ0) is 13.1. The Kier molecular flexibility index (Phi) is 3.16. The van der Waals surface area contributed by atoms with Gasteiger partial charge < -0.3 is 10.4 Å². The van der Waals surface area contributed by atoms with Gasteiger partial charge in [-0.1, -0.05) is 24.3 Å². The third kappa shape index (κ3) is 2.11. The summed E-state index contributed by atoms with van der Waals surface area (Å²) in [7, 11) is 0. The van der Waals surface area contributed by atoms with Crippen molar-refractivity contribution < 1.29 is 9.90 Å². The second-order valence-corrected chi connectivity index (χ2v) is 4.02. The van der Waals surface area contributed by atoms with Gasteiger partial charge in [0.1, 0.15) is 6.04 Å². The van der Waals surface area contributed by atoms with E-state index in [0.717, 1.165) is 16.5 Å². The molecule has 0 aliphatic heterocycles. The highest BCUT2D eigenvalue weighted by atomic mass is 16.4. The van der Waals surface area contributed by atoms with Crippen LogP contribution in [0.2, 0.25) is 0 Å². The van der Waals surface area contributed by atoms with Crippen molar-refractivity contribution >= 4 is 22.4 Å². The summed E-state index contributed by atoms with van der Waals surface area (Å²) in [6.07, 6.45) is 0. The van der Waals surface area contributed by atoms with E-state index in [9.17, 15) is 4.79 Å². The molecule has 0 saturated carbocycles. The molecular formula is C14H12N2O2. The van der Waals surface area contributed by atoms with Crippen molar-refractivity contribution in [3.63, 3.8) is 0 Å². The normalized spacial score (nSPS) is 11.8. The maximum absolute atomic E-state index is 10.8. The lowest BCUT2D eigenvalue weighted by atomic mass is 10.0. The smallest absolute Gasteiger partial charge is 0.325 e. The van der Waals surface area contributed by atoms with Crippen LogP contribution < -0.4 is 5.32 Å². The predicted octanol–water partition coefficient (Wildman–Crippen LogP) is 2.60. The van der Waals surface area contributed by atoms with Crippen LogP contribution in [0.25, 0.3) is 10.8 Å². The van der Waals surface area contributed by atoms with Crippen LogP contribution in [0, 0.1) is 11.3 Å². The molecule has 2 aromatic rings. The first-order valence-electron chi connectivity index (χ1n) is 5.54. The zero-order valence-electron chi connectivity index (χ0n) is 9.84. The molecule has 4 heteroatoms. The third-order valence-electron chi connectivity index (χ3n) is 2.79. The van der Waals surface area contributed by atoms with Crippen LogP contribution in [-0.2, 0) is 4.79 Å².